The number of aliphatic imine (C=N–C) groups is 1. The molecule has 2 saturated carbocycles. The van der Waals surface area contributed by atoms with E-state index >= 15 is 0 Å². The topological polar surface area (TPSA) is 56.7 Å². The van der Waals surface area contributed by atoms with Crippen LogP contribution in [0.3, 0.4) is 0 Å². The van der Waals surface area contributed by atoms with Crippen molar-refractivity contribution in [3.63, 3.8) is 0 Å². The Morgan fingerprint density at radius 3 is 2.29 bits per heavy atom. The average molecular weight is 450 g/mol. The number of amides is 1. The minimum atomic E-state index is -0.279. The summed E-state index contributed by atoms with van der Waals surface area (Å²) in [6, 6.07) is 0.533. The molecule has 0 radical (unpaired) electrons. The molecular formula is C18H35IN4O. The van der Waals surface area contributed by atoms with E-state index in [4.69, 9.17) is 4.99 Å². The molecule has 0 aromatic rings. The Morgan fingerprint density at radius 1 is 1.12 bits per heavy atom. The Morgan fingerprint density at radius 2 is 1.75 bits per heavy atom. The molecule has 24 heavy (non-hydrogen) atoms. The smallest absolute Gasteiger partial charge is 0.230 e. The van der Waals surface area contributed by atoms with Crippen LogP contribution < -0.4 is 10.6 Å². The minimum absolute atomic E-state index is 0. The third kappa shape index (κ3) is 5.77. The molecule has 2 aliphatic carbocycles. The molecule has 140 valence electrons. The highest BCUT2D eigenvalue weighted by Crippen LogP contribution is 2.39. The van der Waals surface area contributed by atoms with Crippen LogP contribution in [0.25, 0.3) is 0 Å². The largest absolute Gasteiger partial charge is 0.357 e. The van der Waals surface area contributed by atoms with Crippen LogP contribution in [-0.4, -0.2) is 50.0 Å². The molecule has 5 nitrogen and oxygen atoms in total. The van der Waals surface area contributed by atoms with Gasteiger partial charge in [-0.15, -0.1) is 24.0 Å². The monoisotopic (exact) mass is 450 g/mol. The van der Waals surface area contributed by atoms with E-state index in [1.165, 1.54) is 32.1 Å². The predicted molar refractivity (Wildman–Crippen MR) is 111 cm³/mol. The van der Waals surface area contributed by atoms with E-state index in [1.807, 2.05) is 14.1 Å². The number of hydrogen-bond donors (Lipinski definition) is 2. The molecule has 2 N–H and O–H groups in total. The second-order valence-electron chi connectivity index (χ2n) is 7.36. The Hall–Kier alpha value is -0.530. The lowest BCUT2D eigenvalue weighted by molar-refractivity contribution is -0.138. The highest BCUT2D eigenvalue weighted by atomic mass is 127. The van der Waals surface area contributed by atoms with E-state index in [0.717, 1.165) is 38.2 Å². The molecule has 6 heteroatoms. The van der Waals surface area contributed by atoms with E-state index in [2.05, 4.69) is 17.6 Å². The van der Waals surface area contributed by atoms with Crippen LogP contribution in [0.4, 0.5) is 0 Å². The third-order valence-electron chi connectivity index (χ3n) is 5.25. The molecule has 2 rings (SSSR count). The highest BCUT2D eigenvalue weighted by molar-refractivity contribution is 14.0. The van der Waals surface area contributed by atoms with Crippen LogP contribution >= 0.6 is 24.0 Å². The maximum Gasteiger partial charge on any atom is 0.230 e. The maximum atomic E-state index is 12.6. The van der Waals surface area contributed by atoms with Gasteiger partial charge in [0.1, 0.15) is 0 Å². The summed E-state index contributed by atoms with van der Waals surface area (Å²) < 4.78 is 0. The summed E-state index contributed by atoms with van der Waals surface area (Å²) in [5, 5.41) is 6.93. The first-order chi connectivity index (χ1) is 11.1. The standard InChI is InChI=1S/C18H34N4O.HI/c1-4-19-17(21-15-10-6-5-7-11-15)20-14-18(12-8-9-13-18)16(23)22(2)3;/h15H,4-14H2,1-3H3,(H2,19,20,21);1H. The van der Waals surface area contributed by atoms with E-state index in [0.29, 0.717) is 12.6 Å². The van der Waals surface area contributed by atoms with Crippen molar-refractivity contribution in [3.05, 3.63) is 0 Å². The lowest BCUT2D eigenvalue weighted by atomic mass is 9.85. The van der Waals surface area contributed by atoms with Crippen molar-refractivity contribution in [2.75, 3.05) is 27.2 Å². The van der Waals surface area contributed by atoms with Gasteiger partial charge in [0.2, 0.25) is 5.91 Å². The van der Waals surface area contributed by atoms with Crippen molar-refractivity contribution < 1.29 is 4.79 Å². The van der Waals surface area contributed by atoms with Crippen LogP contribution in [0.15, 0.2) is 4.99 Å². The number of hydrogen-bond acceptors (Lipinski definition) is 2. The minimum Gasteiger partial charge on any atom is -0.357 e. The Kier molecular flexibility index (Phi) is 9.37. The van der Waals surface area contributed by atoms with Crippen molar-refractivity contribution in [2.24, 2.45) is 10.4 Å². The molecule has 0 saturated heterocycles. The first-order valence-electron chi connectivity index (χ1n) is 9.34. The van der Waals surface area contributed by atoms with Crippen molar-refractivity contribution in [1.82, 2.24) is 15.5 Å². The summed E-state index contributed by atoms with van der Waals surface area (Å²) in [6.45, 7) is 3.55. The van der Waals surface area contributed by atoms with Crippen molar-refractivity contribution in [3.8, 4) is 0 Å². The fourth-order valence-corrected chi connectivity index (χ4v) is 3.96. The van der Waals surface area contributed by atoms with E-state index in [9.17, 15) is 4.79 Å². The summed E-state index contributed by atoms with van der Waals surface area (Å²) in [5.74, 6) is 1.13. The van der Waals surface area contributed by atoms with Crippen molar-refractivity contribution in [2.45, 2.75) is 70.8 Å². The molecule has 1 amide bonds. The lowest BCUT2D eigenvalue weighted by Gasteiger charge is -2.30. The fourth-order valence-electron chi connectivity index (χ4n) is 3.96. The number of nitrogens with one attached hydrogen (secondary N) is 2. The molecule has 0 aromatic heterocycles. The first-order valence-corrected chi connectivity index (χ1v) is 9.34. The van der Waals surface area contributed by atoms with Gasteiger partial charge in [-0.05, 0) is 32.6 Å². The van der Waals surface area contributed by atoms with Crippen LogP contribution in [0.5, 0.6) is 0 Å². The highest BCUT2D eigenvalue weighted by Gasteiger charge is 2.42. The number of rotatable bonds is 5. The molecular weight excluding hydrogens is 415 g/mol. The predicted octanol–water partition coefficient (Wildman–Crippen LogP) is 3.14. The molecule has 0 spiro atoms. The summed E-state index contributed by atoms with van der Waals surface area (Å²) in [5.41, 5.74) is -0.279. The lowest BCUT2D eigenvalue weighted by Crippen LogP contribution is -2.46. The van der Waals surface area contributed by atoms with E-state index < -0.39 is 0 Å². The van der Waals surface area contributed by atoms with Gasteiger partial charge in [-0.2, -0.15) is 0 Å². The van der Waals surface area contributed by atoms with Gasteiger partial charge in [0.05, 0.1) is 12.0 Å². The SMILES string of the molecule is CCNC(=NCC1(C(=O)N(C)C)CCCC1)NC1CCCCC1.I. The molecule has 0 aromatic carbocycles. The Labute approximate surface area is 164 Å². The summed E-state index contributed by atoms with van der Waals surface area (Å²) in [4.78, 5) is 19.2. The van der Waals surface area contributed by atoms with Crippen LogP contribution in [0.1, 0.15) is 64.7 Å². The van der Waals surface area contributed by atoms with Crippen molar-refractivity contribution in [1.29, 1.82) is 0 Å². The van der Waals surface area contributed by atoms with Crippen LogP contribution in [0.2, 0.25) is 0 Å². The maximum absolute atomic E-state index is 12.6. The van der Waals surface area contributed by atoms with Crippen molar-refractivity contribution >= 4 is 35.8 Å². The van der Waals surface area contributed by atoms with Gasteiger partial charge in [0.15, 0.2) is 5.96 Å². The number of guanidine groups is 1. The van der Waals surface area contributed by atoms with Gasteiger partial charge >= 0.3 is 0 Å². The zero-order chi connectivity index (χ0) is 16.7. The summed E-state index contributed by atoms with van der Waals surface area (Å²) in [7, 11) is 3.72. The van der Waals surface area contributed by atoms with Gasteiger partial charge in [-0.1, -0.05) is 32.1 Å². The molecule has 0 heterocycles. The van der Waals surface area contributed by atoms with Gasteiger partial charge in [0, 0.05) is 26.7 Å². The molecule has 0 unspecified atom stereocenters. The van der Waals surface area contributed by atoms with E-state index in [-0.39, 0.29) is 35.3 Å². The average Bonchev–Trinajstić information content (AvgIpc) is 3.03. The second kappa shape index (κ2) is 10.5. The van der Waals surface area contributed by atoms with E-state index in [1.54, 1.807) is 4.90 Å². The zero-order valence-corrected chi connectivity index (χ0v) is 17.9. The molecule has 2 aliphatic rings. The van der Waals surface area contributed by atoms with Gasteiger partial charge in [0.25, 0.3) is 0 Å². The second-order valence-corrected chi connectivity index (χ2v) is 7.36. The Balaban J connectivity index is 0.00000288. The van der Waals surface area contributed by atoms with Crippen LogP contribution in [0, 0.1) is 5.41 Å². The quantitative estimate of drug-likeness (QED) is 0.385. The fraction of sp³-hybridized carbons (Fsp3) is 0.889. The normalized spacial score (nSPS) is 21.0. The molecule has 0 atom stereocenters. The Bertz CT molecular complexity index is 413. The molecule has 2 fully saturated rings. The number of carbonyl (C=O) groups is 1. The van der Waals surface area contributed by atoms with Crippen LogP contribution in [-0.2, 0) is 4.79 Å². The molecule has 0 bridgehead atoms. The summed E-state index contributed by atoms with van der Waals surface area (Å²) >= 11 is 0. The molecule has 0 aliphatic heterocycles. The van der Waals surface area contributed by atoms with Gasteiger partial charge in [-0.25, -0.2) is 0 Å². The van der Waals surface area contributed by atoms with Gasteiger partial charge < -0.3 is 15.5 Å². The van der Waals surface area contributed by atoms with Gasteiger partial charge in [-0.3, -0.25) is 9.79 Å². The third-order valence-corrected chi connectivity index (χ3v) is 5.25. The zero-order valence-electron chi connectivity index (χ0n) is 15.6. The number of halogens is 1. The first kappa shape index (κ1) is 21.5. The number of nitrogens with zero attached hydrogens (tertiary/aromatic N) is 2. The summed E-state index contributed by atoms with van der Waals surface area (Å²) in [6.07, 6.45) is 10.6. The number of carbonyl (C=O) groups excluding carboxylic acids is 1.